The van der Waals surface area contributed by atoms with Gasteiger partial charge < -0.3 is 9.73 Å². The Labute approximate surface area is 168 Å². The highest BCUT2D eigenvalue weighted by atomic mass is 35.5. The standard InChI is InChI=1S/C21H23ClN4O2/c22-20-17(14-24-26(21(20)27)16-8-3-1-4-9-16)23-15-18(19-10-7-13-28-19)25-11-5-2-6-12-25/h1,3-4,7-10,13-14,18,23H,2,5-6,11-12,15H2/t18-/m0/s1. The molecule has 28 heavy (non-hydrogen) atoms. The molecule has 0 aliphatic carbocycles. The van der Waals surface area contributed by atoms with E-state index in [4.69, 9.17) is 16.0 Å². The van der Waals surface area contributed by atoms with Crippen LogP contribution in [0.1, 0.15) is 31.1 Å². The van der Waals surface area contributed by atoms with Crippen LogP contribution >= 0.6 is 11.6 Å². The minimum Gasteiger partial charge on any atom is -0.468 e. The van der Waals surface area contributed by atoms with Crippen molar-refractivity contribution in [1.82, 2.24) is 14.7 Å². The molecular formula is C21H23ClN4O2. The lowest BCUT2D eigenvalue weighted by atomic mass is 10.1. The van der Waals surface area contributed by atoms with Crippen LogP contribution in [0.15, 0.2) is 64.1 Å². The molecule has 4 rings (SSSR count). The number of anilines is 1. The zero-order valence-corrected chi connectivity index (χ0v) is 16.3. The molecule has 1 aliphatic heterocycles. The average molecular weight is 399 g/mol. The van der Waals surface area contributed by atoms with Crippen LogP contribution in [0.4, 0.5) is 5.69 Å². The van der Waals surface area contributed by atoms with Gasteiger partial charge in [-0.1, -0.05) is 36.2 Å². The number of furan rings is 1. The van der Waals surface area contributed by atoms with E-state index in [-0.39, 0.29) is 16.6 Å². The first-order chi connectivity index (χ1) is 13.7. The lowest BCUT2D eigenvalue weighted by Crippen LogP contribution is -2.37. The number of aromatic nitrogens is 2. The molecule has 1 N–H and O–H groups in total. The molecule has 0 spiro atoms. The first kappa shape index (κ1) is 18.8. The van der Waals surface area contributed by atoms with E-state index in [1.807, 2.05) is 42.5 Å². The molecule has 0 unspecified atom stereocenters. The van der Waals surface area contributed by atoms with E-state index in [0.717, 1.165) is 18.8 Å². The van der Waals surface area contributed by atoms with Crippen molar-refractivity contribution < 1.29 is 4.42 Å². The van der Waals surface area contributed by atoms with Gasteiger partial charge in [-0.2, -0.15) is 9.78 Å². The molecule has 2 aromatic heterocycles. The third kappa shape index (κ3) is 3.98. The van der Waals surface area contributed by atoms with Crippen molar-refractivity contribution in [1.29, 1.82) is 0 Å². The highest BCUT2D eigenvalue weighted by Crippen LogP contribution is 2.26. The van der Waals surface area contributed by atoms with Crippen molar-refractivity contribution in [3.8, 4) is 5.69 Å². The number of nitrogens with zero attached hydrogens (tertiary/aromatic N) is 3. The molecule has 0 amide bonds. The van der Waals surface area contributed by atoms with E-state index in [2.05, 4.69) is 15.3 Å². The van der Waals surface area contributed by atoms with Gasteiger partial charge in [0.2, 0.25) is 0 Å². The van der Waals surface area contributed by atoms with Crippen molar-refractivity contribution in [2.75, 3.05) is 25.0 Å². The van der Waals surface area contributed by atoms with Crippen molar-refractivity contribution in [3.63, 3.8) is 0 Å². The van der Waals surface area contributed by atoms with Crippen LogP contribution in [0.5, 0.6) is 0 Å². The molecule has 1 fully saturated rings. The van der Waals surface area contributed by atoms with Gasteiger partial charge in [0.1, 0.15) is 10.8 Å². The molecule has 3 aromatic rings. The monoisotopic (exact) mass is 398 g/mol. The molecule has 3 heterocycles. The van der Waals surface area contributed by atoms with E-state index in [1.165, 1.54) is 23.9 Å². The van der Waals surface area contributed by atoms with E-state index in [0.29, 0.717) is 17.9 Å². The number of rotatable bonds is 6. The fourth-order valence-electron chi connectivity index (χ4n) is 3.64. The second kappa shape index (κ2) is 8.63. The van der Waals surface area contributed by atoms with E-state index < -0.39 is 0 Å². The quantitative estimate of drug-likeness (QED) is 0.676. The number of nitrogens with one attached hydrogen (secondary N) is 1. The summed E-state index contributed by atoms with van der Waals surface area (Å²) in [7, 11) is 0. The van der Waals surface area contributed by atoms with Crippen LogP contribution in [0, 0.1) is 0 Å². The second-order valence-corrected chi connectivity index (χ2v) is 7.31. The molecule has 7 heteroatoms. The molecule has 1 aromatic carbocycles. The minimum absolute atomic E-state index is 0.0860. The van der Waals surface area contributed by atoms with Crippen LogP contribution in [0.2, 0.25) is 5.02 Å². The summed E-state index contributed by atoms with van der Waals surface area (Å²) in [5.74, 6) is 0.913. The number of likely N-dealkylation sites (tertiary alicyclic amines) is 1. The number of piperidine rings is 1. The highest BCUT2D eigenvalue weighted by Gasteiger charge is 2.24. The van der Waals surface area contributed by atoms with Crippen molar-refractivity contribution in [3.05, 3.63) is 76.1 Å². The smallest absolute Gasteiger partial charge is 0.292 e. The van der Waals surface area contributed by atoms with Gasteiger partial charge in [0.15, 0.2) is 0 Å². The maximum atomic E-state index is 12.7. The minimum atomic E-state index is -0.342. The molecule has 1 atom stereocenters. The second-order valence-electron chi connectivity index (χ2n) is 6.93. The molecule has 0 bridgehead atoms. The fraction of sp³-hybridized carbons (Fsp3) is 0.333. The van der Waals surface area contributed by atoms with Crippen LogP contribution in [-0.2, 0) is 0 Å². The number of halogens is 1. The summed E-state index contributed by atoms with van der Waals surface area (Å²) in [4.78, 5) is 15.1. The molecule has 1 aliphatic rings. The largest absolute Gasteiger partial charge is 0.468 e. The Kier molecular flexibility index (Phi) is 5.78. The van der Waals surface area contributed by atoms with Crippen LogP contribution in [0.25, 0.3) is 5.69 Å². The third-order valence-electron chi connectivity index (χ3n) is 5.11. The van der Waals surface area contributed by atoms with Gasteiger partial charge in [-0.25, -0.2) is 0 Å². The lowest BCUT2D eigenvalue weighted by molar-refractivity contribution is 0.153. The van der Waals surface area contributed by atoms with Gasteiger partial charge in [-0.3, -0.25) is 9.69 Å². The molecule has 146 valence electrons. The van der Waals surface area contributed by atoms with E-state index >= 15 is 0 Å². The number of para-hydroxylation sites is 1. The topological polar surface area (TPSA) is 63.3 Å². The van der Waals surface area contributed by atoms with Crippen LogP contribution in [-0.4, -0.2) is 34.3 Å². The molecule has 0 radical (unpaired) electrons. The van der Waals surface area contributed by atoms with Gasteiger partial charge in [0.25, 0.3) is 5.56 Å². The highest BCUT2D eigenvalue weighted by molar-refractivity contribution is 6.32. The van der Waals surface area contributed by atoms with Gasteiger partial charge in [0, 0.05) is 6.54 Å². The van der Waals surface area contributed by atoms with Gasteiger partial charge in [-0.15, -0.1) is 0 Å². The van der Waals surface area contributed by atoms with Gasteiger partial charge in [0.05, 0.1) is 29.9 Å². The number of benzene rings is 1. The van der Waals surface area contributed by atoms with E-state index in [9.17, 15) is 4.79 Å². The third-order valence-corrected chi connectivity index (χ3v) is 5.47. The summed E-state index contributed by atoms with van der Waals surface area (Å²) in [5, 5.41) is 7.73. The maximum Gasteiger partial charge on any atom is 0.292 e. The van der Waals surface area contributed by atoms with Gasteiger partial charge in [-0.05, 0) is 50.2 Å². The Morgan fingerprint density at radius 2 is 1.89 bits per heavy atom. The first-order valence-corrected chi connectivity index (χ1v) is 9.96. The Balaban J connectivity index is 1.54. The number of hydrogen-bond donors (Lipinski definition) is 1. The Morgan fingerprint density at radius 1 is 1.11 bits per heavy atom. The van der Waals surface area contributed by atoms with Crippen LogP contribution in [0.3, 0.4) is 0 Å². The molecule has 1 saturated heterocycles. The predicted molar refractivity (Wildman–Crippen MR) is 110 cm³/mol. The van der Waals surface area contributed by atoms with Crippen molar-refractivity contribution >= 4 is 17.3 Å². The maximum absolute atomic E-state index is 12.7. The summed E-state index contributed by atoms with van der Waals surface area (Å²) in [6.45, 7) is 2.66. The molecule has 0 saturated carbocycles. The normalized spacial score (nSPS) is 16.0. The summed E-state index contributed by atoms with van der Waals surface area (Å²) >= 11 is 6.37. The van der Waals surface area contributed by atoms with Gasteiger partial charge >= 0.3 is 0 Å². The fourth-order valence-corrected chi connectivity index (χ4v) is 3.83. The first-order valence-electron chi connectivity index (χ1n) is 9.58. The number of hydrogen-bond acceptors (Lipinski definition) is 5. The Morgan fingerprint density at radius 3 is 2.61 bits per heavy atom. The van der Waals surface area contributed by atoms with Crippen molar-refractivity contribution in [2.45, 2.75) is 25.3 Å². The predicted octanol–water partition coefficient (Wildman–Crippen LogP) is 4.12. The lowest BCUT2D eigenvalue weighted by Gasteiger charge is -2.33. The van der Waals surface area contributed by atoms with Crippen molar-refractivity contribution in [2.24, 2.45) is 0 Å². The Bertz CT molecular complexity index is 950. The molecule has 6 nitrogen and oxygen atoms in total. The summed E-state index contributed by atoms with van der Waals surface area (Å²) in [6, 6.07) is 13.2. The van der Waals surface area contributed by atoms with Crippen LogP contribution < -0.4 is 10.9 Å². The molecular weight excluding hydrogens is 376 g/mol. The van der Waals surface area contributed by atoms with E-state index in [1.54, 1.807) is 12.5 Å². The zero-order valence-electron chi connectivity index (χ0n) is 15.6. The Hall–Kier alpha value is -2.57. The summed E-state index contributed by atoms with van der Waals surface area (Å²) in [5.41, 5.74) is 0.875. The average Bonchev–Trinajstić information content (AvgIpc) is 3.27. The SMILES string of the molecule is O=c1c(Cl)c(NC[C@@H](c2ccco2)N2CCCCC2)cnn1-c1ccccc1. The zero-order chi connectivity index (χ0) is 19.3. The summed E-state index contributed by atoms with van der Waals surface area (Å²) in [6.07, 6.45) is 6.94. The summed E-state index contributed by atoms with van der Waals surface area (Å²) < 4.78 is 6.98.